The Morgan fingerprint density at radius 1 is 0.600 bits per heavy atom. The van der Waals surface area contributed by atoms with Gasteiger partial charge in [0.05, 0.1) is 13.2 Å². The molecule has 3 amide bonds. The van der Waals surface area contributed by atoms with Crippen LogP contribution in [0, 0.1) is 0 Å². The number of carbonyl (C=O) groups is 3. The maximum Gasteiger partial charge on any atom is 0.251 e. The number of hydrogen-bond acceptors (Lipinski definition) is 4. The van der Waals surface area contributed by atoms with Crippen LogP contribution in [0.25, 0.3) is 0 Å². The smallest absolute Gasteiger partial charge is 0.251 e. The summed E-state index contributed by atoms with van der Waals surface area (Å²) in [6, 6.07) is 19.1. The van der Waals surface area contributed by atoms with E-state index in [4.69, 9.17) is 4.74 Å². The van der Waals surface area contributed by atoms with Crippen LogP contribution in [0.4, 0.5) is 0 Å². The van der Waals surface area contributed by atoms with E-state index in [0.29, 0.717) is 38.4 Å². The molecule has 7 heteroatoms. The molecule has 0 heterocycles. The van der Waals surface area contributed by atoms with Crippen LogP contribution in [0.2, 0.25) is 0 Å². The lowest BCUT2D eigenvalue weighted by molar-refractivity contribution is -0.126. The number of nitrogens with one attached hydrogen (secondary N) is 3. The van der Waals surface area contributed by atoms with Crippen molar-refractivity contribution in [2.24, 2.45) is 0 Å². The third kappa shape index (κ3) is 14.0. The molecule has 3 N–H and O–H groups in total. The van der Waals surface area contributed by atoms with Crippen molar-refractivity contribution in [3.63, 3.8) is 0 Å². The van der Waals surface area contributed by atoms with Crippen LogP contribution >= 0.6 is 0 Å². The van der Waals surface area contributed by atoms with Crippen LogP contribution in [-0.2, 0) is 20.9 Å². The van der Waals surface area contributed by atoms with Gasteiger partial charge in [0.2, 0.25) is 11.8 Å². The third-order valence-electron chi connectivity index (χ3n) is 5.51. The van der Waals surface area contributed by atoms with E-state index in [9.17, 15) is 14.4 Å². The van der Waals surface area contributed by atoms with Gasteiger partial charge in [-0.3, -0.25) is 14.4 Å². The third-order valence-corrected chi connectivity index (χ3v) is 5.51. The van der Waals surface area contributed by atoms with Crippen molar-refractivity contribution < 1.29 is 19.1 Å². The monoisotopic (exact) mass is 481 g/mol. The lowest BCUT2D eigenvalue weighted by Gasteiger charge is -2.08. The molecule has 0 atom stereocenters. The summed E-state index contributed by atoms with van der Waals surface area (Å²) in [6.45, 7) is 2.73. The molecule has 0 aromatic heterocycles. The number of ether oxygens (including phenoxy) is 1. The van der Waals surface area contributed by atoms with E-state index in [1.165, 1.54) is 0 Å². The molecule has 7 nitrogen and oxygen atoms in total. The highest BCUT2D eigenvalue weighted by molar-refractivity contribution is 5.94. The summed E-state index contributed by atoms with van der Waals surface area (Å²) in [5.41, 5.74) is 1.79. The summed E-state index contributed by atoms with van der Waals surface area (Å²) in [5, 5.41) is 8.60. The highest BCUT2D eigenvalue weighted by Crippen LogP contribution is 2.05. The summed E-state index contributed by atoms with van der Waals surface area (Å²) >= 11 is 0. The number of benzene rings is 2. The average Bonchev–Trinajstić information content (AvgIpc) is 2.89. The van der Waals surface area contributed by atoms with Crippen LogP contribution in [0.3, 0.4) is 0 Å². The Hall–Kier alpha value is -3.19. The maximum atomic E-state index is 11.9. The normalized spacial score (nSPS) is 10.5. The van der Waals surface area contributed by atoms with Crippen LogP contribution in [0.15, 0.2) is 60.7 Å². The second-order valence-corrected chi connectivity index (χ2v) is 8.48. The highest BCUT2D eigenvalue weighted by atomic mass is 16.5. The summed E-state index contributed by atoms with van der Waals surface area (Å²) in [5.74, 6) is -0.246. The first-order valence-corrected chi connectivity index (χ1v) is 12.6. The second-order valence-electron chi connectivity index (χ2n) is 8.48. The Balaban J connectivity index is 1.33. The molecular formula is C28H39N3O4. The number of amides is 3. The SMILES string of the molecule is O=C(CCC(=O)NCCOCc1ccccc1)NCCCCCCCCNC(=O)c1ccccc1. The standard InChI is InChI=1S/C28H39N3O4/c32-26(17-18-27(33)30-21-22-35-23-24-13-7-5-8-14-24)29-19-11-3-1-2-4-12-20-31-28(34)25-15-9-6-10-16-25/h5-10,13-16H,1-4,11-12,17-23H2,(H,29,32)(H,30,33)(H,31,34). The first kappa shape index (κ1) is 28.1. The van der Waals surface area contributed by atoms with E-state index < -0.39 is 0 Å². The van der Waals surface area contributed by atoms with Crippen molar-refractivity contribution in [3.05, 3.63) is 71.8 Å². The van der Waals surface area contributed by atoms with Gasteiger partial charge in [0.25, 0.3) is 5.91 Å². The van der Waals surface area contributed by atoms with Gasteiger partial charge in [0.15, 0.2) is 0 Å². The fraction of sp³-hybridized carbons (Fsp3) is 0.464. The molecule has 0 aliphatic rings. The van der Waals surface area contributed by atoms with Gasteiger partial charge in [0, 0.05) is 38.0 Å². The van der Waals surface area contributed by atoms with Crippen molar-refractivity contribution >= 4 is 17.7 Å². The number of hydrogen-bond donors (Lipinski definition) is 3. The van der Waals surface area contributed by atoms with Gasteiger partial charge in [-0.05, 0) is 30.5 Å². The Bertz CT molecular complexity index is 859. The predicted octanol–water partition coefficient (Wildman–Crippen LogP) is 3.99. The predicted molar refractivity (Wildman–Crippen MR) is 138 cm³/mol. The fourth-order valence-electron chi connectivity index (χ4n) is 3.51. The Morgan fingerprint density at radius 3 is 1.74 bits per heavy atom. The van der Waals surface area contributed by atoms with E-state index in [1.54, 1.807) is 0 Å². The minimum Gasteiger partial charge on any atom is -0.375 e. The van der Waals surface area contributed by atoms with Crippen molar-refractivity contribution in [2.45, 2.75) is 58.0 Å². The van der Waals surface area contributed by atoms with E-state index in [-0.39, 0.29) is 30.6 Å². The van der Waals surface area contributed by atoms with Gasteiger partial charge in [-0.15, -0.1) is 0 Å². The molecule has 0 fully saturated rings. The molecular weight excluding hydrogens is 442 g/mol. The van der Waals surface area contributed by atoms with E-state index >= 15 is 0 Å². The Morgan fingerprint density at radius 2 is 1.11 bits per heavy atom. The molecule has 0 radical (unpaired) electrons. The number of rotatable bonds is 18. The van der Waals surface area contributed by atoms with Gasteiger partial charge in [-0.1, -0.05) is 74.2 Å². The molecule has 0 saturated carbocycles. The molecule has 2 aromatic rings. The largest absolute Gasteiger partial charge is 0.375 e. The van der Waals surface area contributed by atoms with Crippen LogP contribution < -0.4 is 16.0 Å². The zero-order valence-corrected chi connectivity index (χ0v) is 20.6. The van der Waals surface area contributed by atoms with Gasteiger partial charge in [-0.2, -0.15) is 0 Å². The molecule has 0 unspecified atom stereocenters. The highest BCUT2D eigenvalue weighted by Gasteiger charge is 2.06. The summed E-state index contributed by atoms with van der Waals surface area (Å²) in [7, 11) is 0. The molecule has 0 bridgehead atoms. The average molecular weight is 482 g/mol. The van der Waals surface area contributed by atoms with E-state index in [2.05, 4.69) is 16.0 Å². The zero-order chi connectivity index (χ0) is 25.0. The van der Waals surface area contributed by atoms with E-state index in [1.807, 2.05) is 60.7 Å². The van der Waals surface area contributed by atoms with Gasteiger partial charge in [0.1, 0.15) is 0 Å². The number of unbranched alkanes of at least 4 members (excludes halogenated alkanes) is 5. The topological polar surface area (TPSA) is 96.5 Å². The lowest BCUT2D eigenvalue weighted by atomic mass is 10.1. The molecule has 0 aliphatic heterocycles. The van der Waals surface area contributed by atoms with Crippen LogP contribution in [0.1, 0.15) is 67.3 Å². The quantitative estimate of drug-likeness (QED) is 0.281. The molecule has 2 rings (SSSR count). The van der Waals surface area contributed by atoms with Crippen molar-refractivity contribution in [1.82, 2.24) is 16.0 Å². The summed E-state index contributed by atoms with van der Waals surface area (Å²) in [6.07, 6.45) is 6.64. The molecule has 2 aromatic carbocycles. The van der Waals surface area contributed by atoms with Crippen molar-refractivity contribution in [3.8, 4) is 0 Å². The molecule has 190 valence electrons. The van der Waals surface area contributed by atoms with E-state index in [0.717, 1.165) is 44.1 Å². The Kier molecular flexibility index (Phi) is 14.6. The minimum atomic E-state index is -0.136. The molecule has 35 heavy (non-hydrogen) atoms. The molecule has 0 spiro atoms. The lowest BCUT2D eigenvalue weighted by Crippen LogP contribution is -2.30. The van der Waals surface area contributed by atoms with Gasteiger partial charge in [-0.25, -0.2) is 0 Å². The first-order chi connectivity index (χ1) is 17.1. The van der Waals surface area contributed by atoms with Gasteiger partial charge >= 0.3 is 0 Å². The zero-order valence-electron chi connectivity index (χ0n) is 20.6. The first-order valence-electron chi connectivity index (χ1n) is 12.6. The molecule has 0 aliphatic carbocycles. The van der Waals surface area contributed by atoms with Crippen LogP contribution in [0.5, 0.6) is 0 Å². The minimum absolute atomic E-state index is 0.0216. The summed E-state index contributed by atoms with van der Waals surface area (Å²) < 4.78 is 5.52. The molecule has 0 saturated heterocycles. The maximum absolute atomic E-state index is 11.9. The summed E-state index contributed by atoms with van der Waals surface area (Å²) in [4.78, 5) is 35.7. The number of carbonyl (C=O) groups excluding carboxylic acids is 3. The fourth-order valence-corrected chi connectivity index (χ4v) is 3.51. The van der Waals surface area contributed by atoms with Crippen LogP contribution in [-0.4, -0.2) is 44.0 Å². The van der Waals surface area contributed by atoms with Crippen molar-refractivity contribution in [1.29, 1.82) is 0 Å². The van der Waals surface area contributed by atoms with Gasteiger partial charge < -0.3 is 20.7 Å². The van der Waals surface area contributed by atoms with Crippen molar-refractivity contribution in [2.75, 3.05) is 26.2 Å². The second kappa shape index (κ2) is 18.2. The Labute approximate surface area is 209 Å².